The van der Waals surface area contributed by atoms with E-state index in [1.54, 1.807) is 0 Å². The maximum absolute atomic E-state index is 5.72. The molecule has 1 aromatic rings. The minimum atomic E-state index is 0.365. The number of unbranched alkanes of at least 4 members (excludes halogenated alkanes) is 9. The van der Waals surface area contributed by atoms with E-state index in [4.69, 9.17) is 9.47 Å². The average molecular weight is 345 g/mol. The smallest absolute Gasteiger partial charge is 0.102 e. The van der Waals surface area contributed by atoms with Crippen LogP contribution >= 0.6 is 0 Å². The minimum absolute atomic E-state index is 0.365. The topological polar surface area (TPSA) is 21.8 Å². The first-order valence-corrected chi connectivity index (χ1v) is 10.3. The van der Waals surface area contributed by atoms with E-state index in [9.17, 15) is 0 Å². The summed E-state index contributed by atoms with van der Waals surface area (Å²) in [5, 5.41) is 0. The van der Waals surface area contributed by atoms with Crippen molar-refractivity contribution in [3.05, 3.63) is 48.6 Å². The van der Waals surface area contributed by atoms with E-state index in [1.807, 2.05) is 12.1 Å². The lowest BCUT2D eigenvalue weighted by molar-refractivity contribution is 0.116. The van der Waals surface area contributed by atoms with Crippen molar-refractivity contribution in [1.29, 1.82) is 0 Å². The highest BCUT2D eigenvalue weighted by molar-refractivity contribution is 5.13. The number of epoxide rings is 1. The summed E-state index contributed by atoms with van der Waals surface area (Å²) in [6, 6.07) is 10.4. The van der Waals surface area contributed by atoms with E-state index in [1.165, 1.54) is 76.2 Å². The molecule has 0 saturated carbocycles. The Hall–Kier alpha value is -1.12. The van der Waals surface area contributed by atoms with Crippen molar-refractivity contribution in [2.45, 2.75) is 89.4 Å². The fraction of sp³-hybridized carbons (Fsp3) is 0.652. The summed E-state index contributed by atoms with van der Waals surface area (Å²) < 4.78 is 11.2. The van der Waals surface area contributed by atoms with Crippen LogP contribution in [-0.2, 0) is 16.1 Å². The van der Waals surface area contributed by atoms with E-state index in [0.717, 1.165) is 13.2 Å². The summed E-state index contributed by atoms with van der Waals surface area (Å²) in [7, 11) is 0. The first kappa shape index (κ1) is 20.2. The normalized spacial score (nSPS) is 19.0. The second kappa shape index (κ2) is 13.1. The van der Waals surface area contributed by atoms with Gasteiger partial charge >= 0.3 is 0 Å². The van der Waals surface area contributed by atoms with Crippen LogP contribution in [0.2, 0.25) is 0 Å². The molecule has 0 amide bonds. The zero-order valence-corrected chi connectivity index (χ0v) is 15.8. The van der Waals surface area contributed by atoms with Crippen molar-refractivity contribution < 1.29 is 9.47 Å². The number of benzene rings is 1. The number of ether oxygens (including phenoxy) is 2. The van der Waals surface area contributed by atoms with Crippen molar-refractivity contribution in [3.8, 4) is 0 Å². The zero-order valence-electron chi connectivity index (χ0n) is 15.8. The minimum Gasteiger partial charge on any atom is -0.377 e. The molecule has 0 N–H and O–H groups in total. The third-order valence-electron chi connectivity index (χ3n) is 4.99. The van der Waals surface area contributed by atoms with Crippen molar-refractivity contribution in [2.24, 2.45) is 0 Å². The van der Waals surface area contributed by atoms with Gasteiger partial charge in [0.15, 0.2) is 0 Å². The van der Waals surface area contributed by atoms with E-state index >= 15 is 0 Å². The van der Waals surface area contributed by atoms with Crippen LogP contribution in [0.25, 0.3) is 0 Å². The molecule has 0 spiro atoms. The lowest BCUT2D eigenvalue weighted by Crippen LogP contribution is -1.95. The van der Waals surface area contributed by atoms with Crippen molar-refractivity contribution in [3.63, 3.8) is 0 Å². The summed E-state index contributed by atoms with van der Waals surface area (Å²) in [6.45, 7) is 5.41. The summed E-state index contributed by atoms with van der Waals surface area (Å²) >= 11 is 0. The molecule has 2 nitrogen and oxygen atoms in total. The number of hydrogen-bond donors (Lipinski definition) is 0. The molecule has 0 aromatic heterocycles. The van der Waals surface area contributed by atoms with Gasteiger partial charge in [-0.3, -0.25) is 0 Å². The Morgan fingerprint density at radius 1 is 0.840 bits per heavy atom. The van der Waals surface area contributed by atoms with E-state index in [2.05, 4.69) is 30.8 Å². The van der Waals surface area contributed by atoms with Gasteiger partial charge in [-0.2, -0.15) is 0 Å². The molecule has 0 unspecified atom stereocenters. The van der Waals surface area contributed by atoms with Gasteiger partial charge in [0.05, 0.1) is 12.7 Å². The Morgan fingerprint density at radius 3 is 2.04 bits per heavy atom. The Balaban J connectivity index is 1.24. The van der Waals surface area contributed by atoms with Gasteiger partial charge in [0, 0.05) is 6.61 Å². The fourth-order valence-corrected chi connectivity index (χ4v) is 3.32. The average Bonchev–Trinajstić information content (AvgIpc) is 3.41. The Morgan fingerprint density at radius 2 is 1.44 bits per heavy atom. The standard InChI is InChI=1S/C23H36O2/c1-2-22-23(25-22)18-14-9-7-5-3-4-6-8-10-15-19-24-20-21-16-12-11-13-17-21/h2,11-13,16-17,22-23H,1,3-10,14-15,18-20H2/t22-,23+/m0/s1. The molecule has 0 bridgehead atoms. The van der Waals surface area contributed by atoms with E-state index < -0.39 is 0 Å². The molecule has 1 heterocycles. The monoisotopic (exact) mass is 344 g/mol. The van der Waals surface area contributed by atoms with Crippen molar-refractivity contribution in [2.75, 3.05) is 6.61 Å². The SMILES string of the molecule is C=C[C@@H]1O[C@@H]1CCCCCCCCCCCCOCc1ccccc1. The molecule has 1 aliphatic heterocycles. The quantitative estimate of drug-likeness (QED) is 0.195. The molecular formula is C23H36O2. The first-order valence-electron chi connectivity index (χ1n) is 10.3. The van der Waals surface area contributed by atoms with Crippen LogP contribution in [0, 0.1) is 0 Å². The predicted molar refractivity (Wildman–Crippen MR) is 106 cm³/mol. The highest BCUT2D eigenvalue weighted by Crippen LogP contribution is 2.28. The van der Waals surface area contributed by atoms with Crippen LogP contribution in [0.4, 0.5) is 0 Å². The van der Waals surface area contributed by atoms with Gasteiger partial charge in [-0.25, -0.2) is 0 Å². The molecule has 1 saturated heterocycles. The molecule has 1 aliphatic rings. The van der Waals surface area contributed by atoms with Gasteiger partial charge in [0.2, 0.25) is 0 Å². The summed E-state index contributed by atoms with van der Waals surface area (Å²) in [6.07, 6.45) is 17.5. The number of hydrogen-bond acceptors (Lipinski definition) is 2. The second-order valence-electron chi connectivity index (χ2n) is 7.24. The van der Waals surface area contributed by atoms with E-state index in [-0.39, 0.29) is 0 Å². The third-order valence-corrected chi connectivity index (χ3v) is 4.99. The van der Waals surface area contributed by atoms with E-state index in [0.29, 0.717) is 12.2 Å². The van der Waals surface area contributed by atoms with Crippen LogP contribution in [0.1, 0.15) is 76.2 Å². The Bertz CT molecular complexity index is 443. The second-order valence-corrected chi connectivity index (χ2v) is 7.24. The van der Waals surface area contributed by atoms with Crippen molar-refractivity contribution in [1.82, 2.24) is 0 Å². The third kappa shape index (κ3) is 9.81. The molecule has 2 heteroatoms. The van der Waals surface area contributed by atoms with Gasteiger partial charge < -0.3 is 9.47 Å². The Kier molecular flexibility index (Phi) is 10.6. The van der Waals surface area contributed by atoms with Gasteiger partial charge in [-0.05, 0) is 18.4 Å². The van der Waals surface area contributed by atoms with Crippen LogP contribution in [0.3, 0.4) is 0 Å². The van der Waals surface area contributed by atoms with Crippen LogP contribution < -0.4 is 0 Å². The molecule has 1 fully saturated rings. The predicted octanol–water partition coefficient (Wildman–Crippen LogP) is 6.45. The molecule has 1 aromatic carbocycles. The Labute approximate surface area is 154 Å². The van der Waals surface area contributed by atoms with Crippen LogP contribution in [0.15, 0.2) is 43.0 Å². The van der Waals surface area contributed by atoms with Gasteiger partial charge in [-0.1, -0.05) is 94.2 Å². The zero-order chi connectivity index (χ0) is 17.6. The summed E-state index contributed by atoms with van der Waals surface area (Å²) in [5.74, 6) is 0. The highest BCUT2D eigenvalue weighted by Gasteiger charge is 2.34. The van der Waals surface area contributed by atoms with Gasteiger partial charge in [0.1, 0.15) is 6.10 Å². The molecule has 140 valence electrons. The lowest BCUT2D eigenvalue weighted by Gasteiger charge is -2.05. The first-order chi connectivity index (χ1) is 12.4. The number of rotatable bonds is 16. The lowest BCUT2D eigenvalue weighted by atomic mass is 10.0. The molecule has 0 radical (unpaired) electrons. The van der Waals surface area contributed by atoms with Crippen molar-refractivity contribution >= 4 is 0 Å². The summed E-state index contributed by atoms with van der Waals surface area (Å²) in [5.41, 5.74) is 1.27. The van der Waals surface area contributed by atoms with Gasteiger partial charge in [-0.15, -0.1) is 6.58 Å². The van der Waals surface area contributed by atoms with Crippen LogP contribution in [0.5, 0.6) is 0 Å². The maximum Gasteiger partial charge on any atom is 0.102 e. The fourth-order valence-electron chi connectivity index (χ4n) is 3.32. The van der Waals surface area contributed by atoms with Gasteiger partial charge in [0.25, 0.3) is 0 Å². The highest BCUT2D eigenvalue weighted by atomic mass is 16.6. The van der Waals surface area contributed by atoms with Crippen LogP contribution in [-0.4, -0.2) is 18.8 Å². The maximum atomic E-state index is 5.72. The summed E-state index contributed by atoms with van der Waals surface area (Å²) in [4.78, 5) is 0. The molecule has 0 aliphatic carbocycles. The largest absolute Gasteiger partial charge is 0.377 e. The molecular weight excluding hydrogens is 308 g/mol. The molecule has 2 rings (SSSR count). The molecule has 25 heavy (non-hydrogen) atoms. The molecule has 2 atom stereocenters.